The van der Waals surface area contributed by atoms with E-state index >= 15 is 0 Å². The summed E-state index contributed by atoms with van der Waals surface area (Å²) in [5.41, 5.74) is 4.58. The van der Waals surface area contributed by atoms with Crippen LogP contribution >= 0.6 is 15.9 Å². The van der Waals surface area contributed by atoms with Gasteiger partial charge in [-0.25, -0.2) is 4.68 Å². The van der Waals surface area contributed by atoms with Crippen LogP contribution < -0.4 is 5.56 Å². The van der Waals surface area contributed by atoms with Crippen LogP contribution in [0.25, 0.3) is 11.4 Å². The van der Waals surface area contributed by atoms with Crippen molar-refractivity contribution in [1.29, 1.82) is 0 Å². The van der Waals surface area contributed by atoms with Gasteiger partial charge in [0.25, 0.3) is 5.56 Å². The van der Waals surface area contributed by atoms with Gasteiger partial charge in [-0.15, -0.1) is 0 Å². The largest absolute Gasteiger partial charge is 0.324 e. The van der Waals surface area contributed by atoms with Crippen molar-refractivity contribution in [2.24, 2.45) is 13.0 Å². The molecule has 182 valence electrons. The Bertz CT molecular complexity index is 1280. The molecule has 0 N–H and O–H groups in total. The third kappa shape index (κ3) is 5.39. The van der Waals surface area contributed by atoms with Crippen molar-refractivity contribution >= 4 is 15.9 Å². The third-order valence-electron chi connectivity index (χ3n) is 7.32. The molecular formula is C29H33BrN4O. The summed E-state index contributed by atoms with van der Waals surface area (Å²) in [5, 5.41) is 0. The molecule has 0 atom stereocenters. The second kappa shape index (κ2) is 10.8. The number of hydrogen-bond donors (Lipinski definition) is 0. The summed E-state index contributed by atoms with van der Waals surface area (Å²) in [6, 6.07) is 22.9. The molecule has 0 amide bonds. The highest BCUT2D eigenvalue weighted by atomic mass is 79.9. The van der Waals surface area contributed by atoms with Crippen molar-refractivity contribution in [3.8, 4) is 11.4 Å². The lowest BCUT2D eigenvalue weighted by Crippen LogP contribution is -2.34. The molecule has 6 heteroatoms. The number of hydrogen-bond acceptors (Lipinski definition) is 2. The fourth-order valence-electron chi connectivity index (χ4n) is 5.23. The maximum atomic E-state index is 12.9. The maximum absolute atomic E-state index is 12.9. The summed E-state index contributed by atoms with van der Waals surface area (Å²) in [4.78, 5) is 15.4. The number of benzene rings is 2. The normalized spacial score (nSPS) is 15.0. The molecule has 1 saturated heterocycles. The van der Waals surface area contributed by atoms with E-state index in [1.165, 1.54) is 36.9 Å². The van der Waals surface area contributed by atoms with Crippen molar-refractivity contribution in [3.05, 3.63) is 105 Å². The van der Waals surface area contributed by atoms with Gasteiger partial charge in [-0.05, 0) is 103 Å². The molecule has 0 unspecified atom stereocenters. The van der Waals surface area contributed by atoms with Gasteiger partial charge in [-0.3, -0.25) is 14.4 Å². The summed E-state index contributed by atoms with van der Waals surface area (Å²) in [6.45, 7) is 2.98. The molecule has 5 nitrogen and oxygen atoms in total. The van der Waals surface area contributed by atoms with Gasteiger partial charge in [0, 0.05) is 31.7 Å². The number of halogens is 1. The number of nitrogens with zero attached hydrogens (tertiary/aromatic N) is 4. The van der Waals surface area contributed by atoms with Crippen LogP contribution in [0.1, 0.15) is 36.9 Å². The summed E-state index contributed by atoms with van der Waals surface area (Å²) < 4.78 is 6.56. The number of likely N-dealkylation sites (tertiary alicyclic amines) is 1. The van der Waals surface area contributed by atoms with Crippen LogP contribution in [0.15, 0.2) is 88.4 Å². The number of aryl methyl sites for hydroxylation is 1. The van der Waals surface area contributed by atoms with Crippen LogP contribution in [-0.2, 0) is 20.0 Å². The zero-order valence-corrected chi connectivity index (χ0v) is 21.9. The van der Waals surface area contributed by atoms with Crippen LogP contribution in [-0.4, -0.2) is 31.9 Å². The number of para-hydroxylation sites is 1. The molecule has 0 aliphatic carbocycles. The van der Waals surface area contributed by atoms with Crippen LogP contribution in [0.3, 0.4) is 0 Å². The van der Waals surface area contributed by atoms with Gasteiger partial charge in [0.2, 0.25) is 0 Å². The Morgan fingerprint density at radius 2 is 1.57 bits per heavy atom. The molecular weight excluding hydrogens is 500 g/mol. The Morgan fingerprint density at radius 1 is 0.886 bits per heavy atom. The van der Waals surface area contributed by atoms with Crippen molar-refractivity contribution < 1.29 is 0 Å². The minimum Gasteiger partial charge on any atom is -0.324 e. The standard InChI is InChI=1S/C29H33BrN4O/c1-31-27(28(30)29(35)34(31)26-10-3-2-4-11-26)22-32-20-16-24(17-21-32)9-7-8-23-12-14-25(15-13-23)33-18-5-6-19-33/h2-6,10-15,18-19,24H,7-9,16-17,20-22H2,1H3. The van der Waals surface area contributed by atoms with Crippen LogP contribution in [0.5, 0.6) is 0 Å². The first kappa shape index (κ1) is 23.9. The summed E-state index contributed by atoms with van der Waals surface area (Å²) >= 11 is 3.58. The van der Waals surface area contributed by atoms with E-state index in [1.54, 1.807) is 4.68 Å². The van der Waals surface area contributed by atoms with E-state index < -0.39 is 0 Å². The average molecular weight is 534 g/mol. The third-order valence-corrected chi connectivity index (χ3v) is 8.12. The average Bonchev–Trinajstić information content (AvgIpc) is 3.50. The van der Waals surface area contributed by atoms with E-state index in [9.17, 15) is 4.79 Å². The molecule has 0 radical (unpaired) electrons. The molecule has 3 heterocycles. The quantitative estimate of drug-likeness (QED) is 0.280. The fourth-order valence-corrected chi connectivity index (χ4v) is 5.78. The van der Waals surface area contributed by atoms with Gasteiger partial charge in [0.1, 0.15) is 4.47 Å². The summed E-state index contributed by atoms with van der Waals surface area (Å²) in [5.74, 6) is 0.798. The first-order chi connectivity index (χ1) is 17.1. The number of aromatic nitrogens is 3. The number of rotatable bonds is 8. The molecule has 0 spiro atoms. The van der Waals surface area contributed by atoms with E-state index in [0.29, 0.717) is 4.47 Å². The van der Waals surface area contributed by atoms with Crippen LogP contribution in [0.2, 0.25) is 0 Å². The molecule has 1 aliphatic rings. The lowest BCUT2D eigenvalue weighted by molar-refractivity contribution is 0.167. The Kier molecular flexibility index (Phi) is 7.40. The minimum atomic E-state index is 0.00461. The zero-order valence-electron chi connectivity index (χ0n) is 20.3. The smallest absolute Gasteiger partial charge is 0.286 e. The van der Waals surface area contributed by atoms with Gasteiger partial charge in [0.05, 0.1) is 11.4 Å². The molecule has 0 bridgehead atoms. The van der Waals surface area contributed by atoms with Gasteiger partial charge in [-0.2, -0.15) is 0 Å². The molecule has 35 heavy (non-hydrogen) atoms. The van der Waals surface area contributed by atoms with Gasteiger partial charge < -0.3 is 4.57 Å². The predicted octanol–water partition coefficient (Wildman–Crippen LogP) is 5.96. The van der Waals surface area contributed by atoms with Crippen molar-refractivity contribution in [2.45, 2.75) is 38.6 Å². The lowest BCUT2D eigenvalue weighted by Gasteiger charge is -2.32. The van der Waals surface area contributed by atoms with Crippen molar-refractivity contribution in [1.82, 2.24) is 18.8 Å². The van der Waals surface area contributed by atoms with E-state index in [2.05, 4.69) is 74.2 Å². The Morgan fingerprint density at radius 3 is 2.26 bits per heavy atom. The monoisotopic (exact) mass is 532 g/mol. The highest BCUT2D eigenvalue weighted by Gasteiger charge is 2.23. The van der Waals surface area contributed by atoms with Gasteiger partial charge >= 0.3 is 0 Å². The highest BCUT2D eigenvalue weighted by Crippen LogP contribution is 2.26. The van der Waals surface area contributed by atoms with E-state index in [0.717, 1.165) is 43.4 Å². The molecule has 2 aromatic heterocycles. The Balaban J connectivity index is 1.11. The molecule has 5 rings (SSSR count). The number of piperidine rings is 1. The minimum absolute atomic E-state index is 0.00461. The fraction of sp³-hybridized carbons (Fsp3) is 0.345. The summed E-state index contributed by atoms with van der Waals surface area (Å²) in [6.07, 6.45) is 10.3. The SMILES string of the molecule is Cn1c(CN2CCC(CCCc3ccc(-n4cccc4)cc3)CC2)c(Br)c(=O)n1-c1ccccc1. The van der Waals surface area contributed by atoms with Gasteiger partial charge in [-0.1, -0.05) is 36.8 Å². The Labute approximate surface area is 215 Å². The van der Waals surface area contributed by atoms with E-state index in [4.69, 9.17) is 0 Å². The highest BCUT2D eigenvalue weighted by molar-refractivity contribution is 9.10. The van der Waals surface area contributed by atoms with E-state index in [-0.39, 0.29) is 5.56 Å². The molecule has 1 fully saturated rings. The first-order valence-corrected chi connectivity index (χ1v) is 13.4. The second-order valence-electron chi connectivity index (χ2n) is 9.61. The molecule has 4 aromatic rings. The lowest BCUT2D eigenvalue weighted by atomic mass is 9.90. The van der Waals surface area contributed by atoms with Crippen LogP contribution in [0, 0.1) is 5.92 Å². The van der Waals surface area contributed by atoms with Gasteiger partial charge in [0.15, 0.2) is 0 Å². The van der Waals surface area contributed by atoms with Crippen LogP contribution in [0.4, 0.5) is 0 Å². The van der Waals surface area contributed by atoms with E-state index in [1.807, 2.05) is 42.1 Å². The second-order valence-corrected chi connectivity index (χ2v) is 10.4. The van der Waals surface area contributed by atoms with Crippen molar-refractivity contribution in [3.63, 3.8) is 0 Å². The Hall–Kier alpha value is -2.83. The maximum Gasteiger partial charge on any atom is 0.286 e. The summed E-state index contributed by atoms with van der Waals surface area (Å²) in [7, 11) is 1.98. The predicted molar refractivity (Wildman–Crippen MR) is 145 cm³/mol. The van der Waals surface area contributed by atoms with Crippen molar-refractivity contribution in [2.75, 3.05) is 13.1 Å². The topological polar surface area (TPSA) is 35.1 Å². The first-order valence-electron chi connectivity index (χ1n) is 12.6. The molecule has 2 aromatic carbocycles. The molecule has 0 saturated carbocycles. The molecule has 1 aliphatic heterocycles. The zero-order chi connectivity index (χ0) is 24.2.